The number of phenols is 6. The summed E-state index contributed by atoms with van der Waals surface area (Å²) in [6.45, 7) is 23.0. The van der Waals surface area contributed by atoms with E-state index in [-0.39, 0.29) is 56.3 Å². The first kappa shape index (κ1) is 88.7. The van der Waals surface area contributed by atoms with Gasteiger partial charge in [0.2, 0.25) is 0 Å². The Hall–Kier alpha value is -14.5. The van der Waals surface area contributed by atoms with Crippen molar-refractivity contribution in [2.24, 2.45) is 0 Å². The van der Waals surface area contributed by atoms with E-state index in [0.29, 0.717) is 51.2 Å². The fourth-order valence-electron chi connectivity index (χ4n) is 11.0. The molecular weight excluding hydrogens is 1510 g/mol. The Labute approximate surface area is 664 Å². The largest absolute Gasteiger partial charge is 0.504 e. The van der Waals surface area contributed by atoms with E-state index in [1.165, 1.54) is 60.7 Å². The van der Waals surface area contributed by atoms with Gasteiger partial charge in [0.25, 0.3) is 0 Å². The van der Waals surface area contributed by atoms with E-state index in [1.54, 1.807) is 91.1 Å². The second kappa shape index (κ2) is 43.3. The maximum atomic E-state index is 13.6. The number of carbonyl (C=O) groups is 8. The van der Waals surface area contributed by atoms with Crippen LogP contribution in [0.15, 0.2) is 222 Å². The molecule has 10 N–H and O–H groups in total. The van der Waals surface area contributed by atoms with E-state index >= 15 is 0 Å². The number of aromatic hydroxyl groups is 6. The van der Waals surface area contributed by atoms with Crippen LogP contribution >= 0.6 is 0 Å². The van der Waals surface area contributed by atoms with Crippen LogP contribution in [0, 0.1) is 0 Å². The van der Waals surface area contributed by atoms with Gasteiger partial charge in [-0.25, -0.2) is 38.4 Å². The number of rotatable bonds is 38. The van der Waals surface area contributed by atoms with Gasteiger partial charge in [-0.1, -0.05) is 112 Å². The van der Waals surface area contributed by atoms with Crippen LogP contribution in [0.3, 0.4) is 0 Å². The van der Waals surface area contributed by atoms with Crippen LogP contribution < -0.4 is 28.4 Å². The molecule has 0 amide bonds. The van der Waals surface area contributed by atoms with Crippen LogP contribution in [-0.4, -0.2) is 186 Å². The van der Waals surface area contributed by atoms with Crippen molar-refractivity contribution in [3.8, 4) is 69.0 Å². The molecule has 4 atom stereocenters. The summed E-state index contributed by atoms with van der Waals surface area (Å²) in [5.41, 5.74) is -3.00. The Morgan fingerprint density at radius 3 is 0.698 bits per heavy atom. The average Bonchev–Trinajstić information content (AvgIpc) is 0.781. The molecule has 2 aliphatic carbocycles. The standard InChI is InChI=1S/C52H54O15.C34H30O15/c1-7-25-59-39-19-13-36(31-42(39)62-28-10-4)16-22-47(53)65-45-34-52(58,51(56)57)35-46(66-48(54)23-17-37-14-20-40(60-26-8-2)43(32-37)63-29-11-5)50(45)67-49(55)24-18-38-15-21-41(61-27-9-3)44(33-38)64-30-12-6;35-21-7-1-18(13-24(21)38)4-10-29(41)47-27-16-34(46,33(44)45)17-28(48-30(42)11-5-19-2-8-22(36)25(39)14-19)32(27)49-31(43)12-6-20-3-9-23(37)26(40)15-20/h7-24,31-33,45-46,50,58H,1-6,25-30,34-35H2,(H,56,57);1-15,27-28,32,35-40,46H,16-17H2,(H,44,45)/b22-16+,23-17+,24-18+;10-4+,11-5+,12-6+/t45-,46-,50?,52?;27-,28-,32?,34?/m11/s1. The molecule has 0 aliphatic heterocycles. The highest BCUT2D eigenvalue weighted by molar-refractivity contribution is 5.92. The first-order valence-corrected chi connectivity index (χ1v) is 35.1. The molecule has 0 radical (unpaired) electrons. The predicted octanol–water partition coefficient (Wildman–Crippen LogP) is 10.6. The average molecular weight is 1600 g/mol. The normalized spacial score (nSPS) is 18.9. The summed E-state index contributed by atoms with van der Waals surface area (Å²) in [4.78, 5) is 104. The van der Waals surface area contributed by atoms with E-state index < -0.39 is 156 Å². The van der Waals surface area contributed by atoms with Crippen molar-refractivity contribution in [1.29, 1.82) is 0 Å². The van der Waals surface area contributed by atoms with Gasteiger partial charge < -0.3 is 108 Å². The molecule has 0 spiro atoms. The Bertz CT molecular complexity index is 4600. The summed E-state index contributed by atoms with van der Waals surface area (Å²) in [6.07, 6.45) is 9.85. The van der Waals surface area contributed by atoms with Gasteiger partial charge in [-0.05, 0) is 143 Å². The van der Waals surface area contributed by atoms with Crippen LogP contribution in [0.5, 0.6) is 69.0 Å². The monoisotopic (exact) mass is 1600 g/mol. The first-order chi connectivity index (χ1) is 55.5. The maximum Gasteiger partial charge on any atom is 0.335 e. The van der Waals surface area contributed by atoms with Crippen LogP contribution in [-0.2, 0) is 66.8 Å². The van der Waals surface area contributed by atoms with Crippen molar-refractivity contribution in [3.63, 3.8) is 0 Å². The highest BCUT2D eigenvalue weighted by Crippen LogP contribution is 2.39. The molecular formula is C86H84O30. The lowest BCUT2D eigenvalue weighted by molar-refractivity contribution is -0.211. The molecule has 30 nitrogen and oxygen atoms in total. The van der Waals surface area contributed by atoms with Gasteiger partial charge in [-0.3, -0.25) is 0 Å². The number of carboxylic acids is 2. The van der Waals surface area contributed by atoms with Gasteiger partial charge in [0.15, 0.2) is 92.4 Å². The van der Waals surface area contributed by atoms with Gasteiger partial charge in [0, 0.05) is 62.1 Å². The van der Waals surface area contributed by atoms with Crippen molar-refractivity contribution >= 4 is 84.2 Å². The number of esters is 6. The SMILES string of the molecule is C=CCOc1ccc(/C=C/C(=O)OC2[C@H](OC(=O)/C=C/c3ccc(OCC=C)c(OCC=C)c3)CC(O)(C(=O)O)C[C@H]2OC(=O)/C=C/c2ccc(OCC=C)c(OCC=C)c2)cc1OCC=C.O=C(/C=C/c1ccc(O)c(O)c1)OC1[C@H](OC(=O)/C=C/c2ccc(O)c(O)c2)CC(O)(C(=O)O)C[C@H]1OC(=O)/C=C/c1ccc(O)c(O)c1. The first-order valence-electron chi connectivity index (χ1n) is 35.1. The molecule has 6 aromatic carbocycles. The molecule has 116 heavy (non-hydrogen) atoms. The smallest absolute Gasteiger partial charge is 0.335 e. The number of carboxylic acid groups (broad SMARTS) is 2. The fraction of sp³-hybridized carbons (Fsp3) is 0.209. The van der Waals surface area contributed by atoms with E-state index in [1.807, 2.05) is 0 Å². The summed E-state index contributed by atoms with van der Waals surface area (Å²) >= 11 is 0. The molecule has 0 heterocycles. The summed E-state index contributed by atoms with van der Waals surface area (Å²) in [5, 5.41) is 100.0. The molecule has 0 bridgehead atoms. The highest BCUT2D eigenvalue weighted by atomic mass is 16.6. The molecule has 0 saturated heterocycles. The van der Waals surface area contributed by atoms with Gasteiger partial charge in [0.05, 0.1) is 0 Å². The number of phenolic OH excluding ortho intramolecular Hbond substituents is 6. The van der Waals surface area contributed by atoms with Crippen LogP contribution in [0.4, 0.5) is 0 Å². The van der Waals surface area contributed by atoms with E-state index in [9.17, 15) is 89.4 Å². The second-order valence-electron chi connectivity index (χ2n) is 25.2. The molecule has 6 aromatic rings. The highest BCUT2D eigenvalue weighted by Gasteiger charge is 2.56. The van der Waals surface area contributed by atoms with Gasteiger partial charge in [-0.2, -0.15) is 0 Å². The van der Waals surface area contributed by atoms with E-state index in [2.05, 4.69) is 39.5 Å². The van der Waals surface area contributed by atoms with E-state index in [0.717, 1.165) is 66.8 Å². The van der Waals surface area contributed by atoms with Gasteiger partial charge >= 0.3 is 47.8 Å². The van der Waals surface area contributed by atoms with Gasteiger partial charge in [0.1, 0.15) is 64.1 Å². The Morgan fingerprint density at radius 2 is 0.491 bits per heavy atom. The molecule has 608 valence electrons. The zero-order chi connectivity index (χ0) is 84.5. The third kappa shape index (κ3) is 26.9. The van der Waals surface area contributed by atoms with Crippen LogP contribution in [0.1, 0.15) is 59.1 Å². The molecule has 0 aromatic heterocycles. The Balaban J connectivity index is 0.000000336. The summed E-state index contributed by atoms with van der Waals surface area (Å²) in [6, 6.07) is 25.6. The van der Waals surface area contributed by atoms with Crippen molar-refractivity contribution in [1.82, 2.24) is 0 Å². The maximum absolute atomic E-state index is 13.6. The number of carbonyl (C=O) groups excluding carboxylic acids is 6. The Morgan fingerprint density at radius 1 is 0.293 bits per heavy atom. The fourth-order valence-corrected chi connectivity index (χ4v) is 11.0. The zero-order valence-corrected chi connectivity index (χ0v) is 62.2. The second-order valence-corrected chi connectivity index (χ2v) is 25.2. The molecule has 30 heteroatoms. The van der Waals surface area contributed by atoms with Crippen molar-refractivity contribution in [2.75, 3.05) is 39.6 Å². The molecule has 2 saturated carbocycles. The van der Waals surface area contributed by atoms with E-state index in [4.69, 9.17) is 56.8 Å². The quantitative estimate of drug-likeness (QED) is 0.00566. The minimum atomic E-state index is -2.63. The van der Waals surface area contributed by atoms with Crippen molar-refractivity contribution in [2.45, 2.75) is 73.5 Å². The molecule has 2 aliphatic rings. The van der Waals surface area contributed by atoms with Crippen molar-refractivity contribution in [3.05, 3.63) is 255 Å². The summed E-state index contributed by atoms with van der Waals surface area (Å²) < 4.78 is 67.6. The summed E-state index contributed by atoms with van der Waals surface area (Å²) in [7, 11) is 0. The number of aliphatic carboxylic acids is 2. The molecule has 8 rings (SSSR count). The molecule has 0 unspecified atom stereocenters. The lowest BCUT2D eigenvalue weighted by Gasteiger charge is -2.41. The number of ether oxygens (including phenoxy) is 12. The third-order valence-corrected chi connectivity index (χ3v) is 16.5. The predicted molar refractivity (Wildman–Crippen MR) is 420 cm³/mol. The minimum absolute atomic E-state index is 0.165. The van der Waals surface area contributed by atoms with Crippen LogP contribution in [0.2, 0.25) is 0 Å². The van der Waals surface area contributed by atoms with Crippen LogP contribution in [0.25, 0.3) is 36.5 Å². The van der Waals surface area contributed by atoms with Crippen molar-refractivity contribution < 1.29 is 146 Å². The number of hydrogen-bond acceptors (Lipinski definition) is 28. The minimum Gasteiger partial charge on any atom is -0.504 e. The number of benzene rings is 6. The zero-order valence-electron chi connectivity index (χ0n) is 62.2. The third-order valence-electron chi connectivity index (χ3n) is 16.5. The topological polar surface area (TPSA) is 450 Å². The number of aliphatic hydroxyl groups is 2. The lowest BCUT2D eigenvalue weighted by atomic mass is 9.79. The van der Waals surface area contributed by atoms with Gasteiger partial charge in [-0.15, -0.1) is 0 Å². The number of hydrogen-bond donors (Lipinski definition) is 10. The summed E-state index contributed by atoms with van der Waals surface area (Å²) in [5.74, 6) is -10.1. The molecule has 2 fully saturated rings. The Kier molecular flexibility index (Phi) is 33.1. The lowest BCUT2D eigenvalue weighted by Crippen LogP contribution is -2.59.